The van der Waals surface area contributed by atoms with Crippen LogP contribution in [-0.2, 0) is 22.6 Å². The second kappa shape index (κ2) is 8.71. The van der Waals surface area contributed by atoms with Gasteiger partial charge in [-0.3, -0.25) is 14.7 Å². The molecule has 0 bridgehead atoms. The maximum Gasteiger partial charge on any atom is 0.249 e. The van der Waals surface area contributed by atoms with Gasteiger partial charge in [0.2, 0.25) is 5.91 Å². The van der Waals surface area contributed by atoms with E-state index in [0.717, 1.165) is 43.8 Å². The summed E-state index contributed by atoms with van der Waals surface area (Å²) in [6, 6.07) is 12.4. The molecule has 2 fully saturated rings. The highest BCUT2D eigenvalue weighted by Gasteiger charge is 2.38. The Labute approximate surface area is 166 Å². The molecule has 6 heteroatoms. The maximum atomic E-state index is 12.6. The molecular formula is C22H27N3O3. The number of carbonyl (C=O) groups is 1. The summed E-state index contributed by atoms with van der Waals surface area (Å²) in [5.74, 6) is 0.875. The van der Waals surface area contributed by atoms with Gasteiger partial charge in [-0.15, -0.1) is 0 Å². The monoisotopic (exact) mass is 381 g/mol. The fourth-order valence-corrected chi connectivity index (χ4v) is 4.18. The number of carbonyl (C=O) groups excluding carboxylic acids is 1. The lowest BCUT2D eigenvalue weighted by Gasteiger charge is -2.40. The smallest absolute Gasteiger partial charge is 0.249 e. The minimum atomic E-state index is 0.0931. The van der Waals surface area contributed by atoms with E-state index in [1.165, 1.54) is 5.56 Å². The lowest BCUT2D eigenvalue weighted by atomic mass is 10.0. The van der Waals surface area contributed by atoms with Crippen LogP contribution in [0.3, 0.4) is 0 Å². The number of nitrogens with zero attached hydrogens (tertiary/aromatic N) is 3. The molecule has 2 aliphatic rings. The van der Waals surface area contributed by atoms with Crippen LogP contribution < -0.4 is 4.74 Å². The van der Waals surface area contributed by atoms with Crippen LogP contribution in [0.4, 0.5) is 0 Å². The van der Waals surface area contributed by atoms with Gasteiger partial charge in [0.25, 0.3) is 0 Å². The summed E-state index contributed by atoms with van der Waals surface area (Å²) in [6.07, 6.45) is 5.57. The SMILES string of the molecule is COc1cncc(CN2CC[C@@H]3OCC(=O)N(Cc4ccccc4)[C@H]3CC2)c1. The van der Waals surface area contributed by atoms with E-state index < -0.39 is 0 Å². The Morgan fingerprint density at radius 1 is 1.11 bits per heavy atom. The minimum absolute atomic E-state index is 0.0931. The fraction of sp³-hybridized carbons (Fsp3) is 0.455. The Morgan fingerprint density at radius 3 is 2.75 bits per heavy atom. The third-order valence-corrected chi connectivity index (χ3v) is 5.65. The number of hydrogen-bond acceptors (Lipinski definition) is 5. The largest absolute Gasteiger partial charge is 0.495 e. The molecule has 0 unspecified atom stereocenters. The lowest BCUT2D eigenvalue weighted by Crippen LogP contribution is -2.53. The van der Waals surface area contributed by atoms with E-state index in [2.05, 4.69) is 22.0 Å². The lowest BCUT2D eigenvalue weighted by molar-refractivity contribution is -0.158. The van der Waals surface area contributed by atoms with Crippen molar-refractivity contribution in [1.82, 2.24) is 14.8 Å². The van der Waals surface area contributed by atoms with Crippen LogP contribution in [0.25, 0.3) is 0 Å². The van der Waals surface area contributed by atoms with Crippen molar-refractivity contribution in [2.45, 2.75) is 38.1 Å². The van der Waals surface area contributed by atoms with Gasteiger partial charge in [0.05, 0.1) is 25.5 Å². The quantitative estimate of drug-likeness (QED) is 0.797. The first kappa shape index (κ1) is 18.9. The molecule has 0 N–H and O–H groups in total. The van der Waals surface area contributed by atoms with Crippen molar-refractivity contribution in [3.8, 4) is 5.75 Å². The third kappa shape index (κ3) is 4.34. The molecular weight excluding hydrogens is 354 g/mol. The number of benzene rings is 1. The van der Waals surface area contributed by atoms with Gasteiger partial charge in [-0.2, -0.15) is 0 Å². The molecule has 6 nitrogen and oxygen atoms in total. The zero-order valence-corrected chi connectivity index (χ0v) is 16.3. The zero-order valence-electron chi connectivity index (χ0n) is 16.3. The highest BCUT2D eigenvalue weighted by atomic mass is 16.5. The highest BCUT2D eigenvalue weighted by molar-refractivity contribution is 5.78. The topological polar surface area (TPSA) is 54.9 Å². The molecule has 2 aliphatic heterocycles. The number of pyridine rings is 1. The molecule has 1 aromatic carbocycles. The summed E-state index contributed by atoms with van der Waals surface area (Å²) in [7, 11) is 1.66. The number of likely N-dealkylation sites (tertiary alicyclic amines) is 1. The van der Waals surface area contributed by atoms with Crippen LogP contribution in [0.1, 0.15) is 24.0 Å². The van der Waals surface area contributed by atoms with Crippen LogP contribution in [-0.4, -0.2) is 59.6 Å². The molecule has 1 amide bonds. The first-order valence-electron chi connectivity index (χ1n) is 9.88. The number of amides is 1. The zero-order chi connectivity index (χ0) is 19.3. The van der Waals surface area contributed by atoms with Crippen molar-refractivity contribution in [3.05, 3.63) is 59.9 Å². The molecule has 28 heavy (non-hydrogen) atoms. The van der Waals surface area contributed by atoms with E-state index in [1.807, 2.05) is 35.4 Å². The Bertz CT molecular complexity index is 799. The van der Waals surface area contributed by atoms with E-state index in [-0.39, 0.29) is 24.7 Å². The number of aromatic nitrogens is 1. The normalized spacial score (nSPS) is 23.2. The number of morpholine rings is 1. The second-order valence-electron chi connectivity index (χ2n) is 7.51. The molecule has 148 valence electrons. The minimum Gasteiger partial charge on any atom is -0.495 e. The Balaban J connectivity index is 1.44. The molecule has 0 saturated carbocycles. The van der Waals surface area contributed by atoms with Gasteiger partial charge < -0.3 is 14.4 Å². The van der Waals surface area contributed by atoms with Crippen molar-refractivity contribution in [2.24, 2.45) is 0 Å². The van der Waals surface area contributed by atoms with Crippen molar-refractivity contribution >= 4 is 5.91 Å². The third-order valence-electron chi connectivity index (χ3n) is 5.65. The van der Waals surface area contributed by atoms with Crippen molar-refractivity contribution in [1.29, 1.82) is 0 Å². The summed E-state index contributed by atoms with van der Waals surface area (Å²) >= 11 is 0. The molecule has 2 saturated heterocycles. The molecule has 2 atom stereocenters. The number of hydrogen-bond donors (Lipinski definition) is 0. The van der Waals surface area contributed by atoms with E-state index >= 15 is 0 Å². The molecule has 0 spiro atoms. The fourth-order valence-electron chi connectivity index (χ4n) is 4.18. The van der Waals surface area contributed by atoms with E-state index in [4.69, 9.17) is 9.47 Å². The molecule has 2 aromatic rings. The average molecular weight is 381 g/mol. The van der Waals surface area contributed by atoms with Gasteiger partial charge in [0.1, 0.15) is 12.4 Å². The van der Waals surface area contributed by atoms with Crippen molar-refractivity contribution in [2.75, 3.05) is 26.8 Å². The number of ether oxygens (including phenoxy) is 2. The van der Waals surface area contributed by atoms with E-state index in [1.54, 1.807) is 13.3 Å². The molecule has 0 aliphatic carbocycles. The molecule has 0 radical (unpaired) electrons. The van der Waals surface area contributed by atoms with Gasteiger partial charge in [-0.1, -0.05) is 30.3 Å². The number of fused-ring (bicyclic) bond motifs is 1. The maximum absolute atomic E-state index is 12.6. The van der Waals surface area contributed by atoms with Gasteiger partial charge in [-0.05, 0) is 30.0 Å². The summed E-state index contributed by atoms with van der Waals surface area (Å²) in [4.78, 5) is 21.3. The number of methoxy groups -OCH3 is 1. The second-order valence-corrected chi connectivity index (χ2v) is 7.51. The molecule has 3 heterocycles. The standard InChI is InChI=1S/C22H27N3O3/c1-27-19-11-18(12-23-13-19)14-24-9-7-20-21(8-10-24)28-16-22(26)25(20)15-17-5-3-2-4-6-17/h2-6,11-13,20-21H,7-10,14-16H2,1H3/t20-,21-/m0/s1. The first-order chi connectivity index (χ1) is 13.7. The van der Waals surface area contributed by atoms with Crippen LogP contribution in [0.2, 0.25) is 0 Å². The van der Waals surface area contributed by atoms with E-state index in [0.29, 0.717) is 6.54 Å². The predicted molar refractivity (Wildman–Crippen MR) is 106 cm³/mol. The van der Waals surface area contributed by atoms with Crippen LogP contribution >= 0.6 is 0 Å². The predicted octanol–water partition coefficient (Wildman–Crippen LogP) is 2.48. The molecule has 1 aromatic heterocycles. The van der Waals surface area contributed by atoms with Crippen molar-refractivity contribution < 1.29 is 14.3 Å². The Kier molecular flexibility index (Phi) is 5.88. The first-order valence-corrected chi connectivity index (χ1v) is 9.88. The van der Waals surface area contributed by atoms with Gasteiger partial charge in [0, 0.05) is 32.4 Å². The van der Waals surface area contributed by atoms with Crippen molar-refractivity contribution in [3.63, 3.8) is 0 Å². The summed E-state index contributed by atoms with van der Waals surface area (Å²) in [6.45, 7) is 3.56. The van der Waals surface area contributed by atoms with Gasteiger partial charge in [-0.25, -0.2) is 0 Å². The van der Waals surface area contributed by atoms with E-state index in [9.17, 15) is 4.79 Å². The van der Waals surface area contributed by atoms with Gasteiger partial charge >= 0.3 is 0 Å². The van der Waals surface area contributed by atoms with Crippen LogP contribution in [0.15, 0.2) is 48.8 Å². The molecule has 4 rings (SSSR count). The van der Waals surface area contributed by atoms with Crippen LogP contribution in [0, 0.1) is 0 Å². The number of rotatable bonds is 5. The Morgan fingerprint density at radius 2 is 1.93 bits per heavy atom. The Hall–Kier alpha value is -2.44. The summed E-state index contributed by atoms with van der Waals surface area (Å²) in [5, 5.41) is 0. The van der Waals surface area contributed by atoms with Crippen LogP contribution in [0.5, 0.6) is 5.75 Å². The highest BCUT2D eigenvalue weighted by Crippen LogP contribution is 2.27. The van der Waals surface area contributed by atoms with Gasteiger partial charge in [0.15, 0.2) is 0 Å². The summed E-state index contributed by atoms with van der Waals surface area (Å²) in [5.41, 5.74) is 2.31. The summed E-state index contributed by atoms with van der Waals surface area (Å²) < 4.78 is 11.2. The average Bonchev–Trinajstić information content (AvgIpc) is 2.94.